The molecule has 0 atom stereocenters. The summed E-state index contributed by atoms with van der Waals surface area (Å²) < 4.78 is 7.45. The number of carbonyl (C=O) groups excluding carboxylic acids is 1. The van der Waals surface area contributed by atoms with Gasteiger partial charge < -0.3 is 9.30 Å². The van der Waals surface area contributed by atoms with Crippen molar-refractivity contribution < 1.29 is 9.53 Å². The molecule has 1 aromatic heterocycles. The van der Waals surface area contributed by atoms with Gasteiger partial charge in [-0.1, -0.05) is 12.1 Å². The second-order valence-electron chi connectivity index (χ2n) is 3.47. The molecule has 0 aliphatic carbocycles. The minimum atomic E-state index is 0.443. The molecule has 0 saturated heterocycles. The van der Waals surface area contributed by atoms with Gasteiger partial charge in [-0.05, 0) is 12.1 Å². The summed E-state index contributed by atoms with van der Waals surface area (Å²) in [6.45, 7) is 0.443. The van der Waals surface area contributed by atoms with Gasteiger partial charge in [-0.2, -0.15) is 0 Å². The molecule has 0 saturated carbocycles. The van der Waals surface area contributed by atoms with Gasteiger partial charge in [0.1, 0.15) is 18.6 Å². The van der Waals surface area contributed by atoms with Crippen molar-refractivity contribution in [2.24, 2.45) is 7.05 Å². The van der Waals surface area contributed by atoms with Gasteiger partial charge in [-0.3, -0.25) is 4.79 Å². The van der Waals surface area contributed by atoms with E-state index in [0.29, 0.717) is 17.9 Å². The normalized spacial score (nSPS) is 10.1. The monoisotopic (exact) mass is 216 g/mol. The van der Waals surface area contributed by atoms with Crippen LogP contribution in [0.4, 0.5) is 0 Å². The molecule has 1 aromatic carbocycles. The molecule has 0 aliphatic rings. The molecule has 0 bridgehead atoms. The molecular formula is C12H12N2O2. The van der Waals surface area contributed by atoms with E-state index in [1.807, 2.05) is 17.7 Å². The second kappa shape index (κ2) is 4.61. The van der Waals surface area contributed by atoms with Crippen LogP contribution in [0.25, 0.3) is 0 Å². The minimum Gasteiger partial charge on any atom is -0.487 e. The maximum absolute atomic E-state index is 10.6. The Balaban J connectivity index is 2.04. The Kier molecular flexibility index (Phi) is 3.00. The quantitative estimate of drug-likeness (QED) is 0.732. The Morgan fingerprint density at radius 2 is 2.38 bits per heavy atom. The molecule has 0 radical (unpaired) electrons. The summed E-state index contributed by atoms with van der Waals surface area (Å²) in [4.78, 5) is 14.6. The van der Waals surface area contributed by atoms with Crippen LogP contribution in [0.3, 0.4) is 0 Å². The lowest BCUT2D eigenvalue weighted by atomic mass is 10.2. The summed E-state index contributed by atoms with van der Waals surface area (Å²) in [6.07, 6.45) is 4.28. The smallest absolute Gasteiger partial charge is 0.150 e. The molecule has 0 fully saturated rings. The number of aldehydes is 1. The van der Waals surface area contributed by atoms with E-state index in [1.54, 1.807) is 30.7 Å². The van der Waals surface area contributed by atoms with Gasteiger partial charge >= 0.3 is 0 Å². The molecular weight excluding hydrogens is 204 g/mol. The fourth-order valence-electron chi connectivity index (χ4n) is 1.36. The van der Waals surface area contributed by atoms with Gasteiger partial charge in [0.05, 0.1) is 18.2 Å². The van der Waals surface area contributed by atoms with Crippen molar-refractivity contribution in [1.29, 1.82) is 0 Å². The van der Waals surface area contributed by atoms with E-state index in [-0.39, 0.29) is 0 Å². The summed E-state index contributed by atoms with van der Waals surface area (Å²) in [5, 5.41) is 0. The zero-order valence-electron chi connectivity index (χ0n) is 8.96. The van der Waals surface area contributed by atoms with Gasteiger partial charge in [0.25, 0.3) is 0 Å². The molecule has 1 heterocycles. The van der Waals surface area contributed by atoms with Crippen LogP contribution >= 0.6 is 0 Å². The Bertz CT molecular complexity index is 491. The van der Waals surface area contributed by atoms with Crippen LogP contribution in [0.5, 0.6) is 5.75 Å². The van der Waals surface area contributed by atoms with Gasteiger partial charge in [-0.15, -0.1) is 0 Å². The zero-order chi connectivity index (χ0) is 11.4. The van der Waals surface area contributed by atoms with E-state index in [2.05, 4.69) is 4.98 Å². The van der Waals surface area contributed by atoms with Gasteiger partial charge in [0.15, 0.2) is 0 Å². The lowest BCUT2D eigenvalue weighted by Crippen LogP contribution is -2.01. The van der Waals surface area contributed by atoms with Crippen molar-refractivity contribution in [1.82, 2.24) is 9.55 Å². The predicted octanol–water partition coefficient (Wildman–Crippen LogP) is 1.81. The van der Waals surface area contributed by atoms with Crippen LogP contribution in [0.2, 0.25) is 0 Å². The SMILES string of the molecule is Cn1cncc1COc1cccc(C=O)c1. The van der Waals surface area contributed by atoms with Crippen LogP contribution in [0.15, 0.2) is 36.8 Å². The third-order valence-electron chi connectivity index (χ3n) is 2.30. The maximum Gasteiger partial charge on any atom is 0.150 e. The zero-order valence-corrected chi connectivity index (χ0v) is 8.96. The van der Waals surface area contributed by atoms with Crippen LogP contribution < -0.4 is 4.74 Å². The predicted molar refractivity (Wildman–Crippen MR) is 59.4 cm³/mol. The first-order chi connectivity index (χ1) is 7.79. The van der Waals surface area contributed by atoms with E-state index in [1.165, 1.54) is 0 Å². The fraction of sp³-hybridized carbons (Fsp3) is 0.167. The fourth-order valence-corrected chi connectivity index (χ4v) is 1.36. The van der Waals surface area contributed by atoms with E-state index in [4.69, 9.17) is 4.74 Å². The molecule has 82 valence electrons. The number of benzene rings is 1. The molecule has 0 aliphatic heterocycles. The lowest BCUT2D eigenvalue weighted by Gasteiger charge is -2.06. The van der Waals surface area contributed by atoms with Crippen molar-refractivity contribution >= 4 is 6.29 Å². The number of nitrogens with zero attached hydrogens (tertiary/aromatic N) is 2. The van der Waals surface area contributed by atoms with Gasteiger partial charge in [0, 0.05) is 12.6 Å². The summed E-state index contributed by atoms with van der Waals surface area (Å²) in [7, 11) is 1.91. The van der Waals surface area contributed by atoms with Crippen LogP contribution in [0, 0.1) is 0 Å². The molecule has 2 rings (SSSR count). The third kappa shape index (κ3) is 2.28. The number of aromatic nitrogens is 2. The molecule has 0 spiro atoms. The van der Waals surface area contributed by atoms with Gasteiger partial charge in [0.2, 0.25) is 0 Å². The van der Waals surface area contributed by atoms with Crippen LogP contribution in [-0.2, 0) is 13.7 Å². The molecule has 16 heavy (non-hydrogen) atoms. The molecule has 0 amide bonds. The number of carbonyl (C=O) groups is 1. The molecule has 4 nitrogen and oxygen atoms in total. The summed E-state index contributed by atoms with van der Waals surface area (Å²) in [6, 6.07) is 7.07. The van der Waals surface area contributed by atoms with E-state index in [9.17, 15) is 4.79 Å². The summed E-state index contributed by atoms with van der Waals surface area (Å²) in [5.74, 6) is 0.686. The van der Waals surface area contributed by atoms with Crippen molar-refractivity contribution in [3.05, 3.63) is 48.0 Å². The standard InChI is InChI=1S/C12H12N2O2/c1-14-9-13-6-11(14)8-16-12-4-2-3-10(5-12)7-15/h2-7,9H,8H2,1H3. The number of imidazole rings is 1. The van der Waals surface area contributed by atoms with Crippen molar-refractivity contribution in [3.8, 4) is 5.75 Å². The topological polar surface area (TPSA) is 44.1 Å². The Morgan fingerprint density at radius 3 is 3.06 bits per heavy atom. The highest BCUT2D eigenvalue weighted by Gasteiger charge is 2.00. The summed E-state index contributed by atoms with van der Waals surface area (Å²) >= 11 is 0. The maximum atomic E-state index is 10.6. The average Bonchev–Trinajstić information content (AvgIpc) is 2.72. The molecule has 4 heteroatoms. The van der Waals surface area contributed by atoms with E-state index < -0.39 is 0 Å². The molecule has 0 unspecified atom stereocenters. The number of ether oxygens (including phenoxy) is 1. The van der Waals surface area contributed by atoms with E-state index in [0.717, 1.165) is 12.0 Å². The Labute approximate surface area is 93.5 Å². The van der Waals surface area contributed by atoms with Crippen molar-refractivity contribution in [2.45, 2.75) is 6.61 Å². The van der Waals surface area contributed by atoms with Crippen LogP contribution in [0.1, 0.15) is 16.1 Å². The van der Waals surface area contributed by atoms with Gasteiger partial charge in [-0.25, -0.2) is 4.98 Å². The van der Waals surface area contributed by atoms with Crippen molar-refractivity contribution in [2.75, 3.05) is 0 Å². The number of rotatable bonds is 4. The highest BCUT2D eigenvalue weighted by atomic mass is 16.5. The minimum absolute atomic E-state index is 0.443. The first-order valence-corrected chi connectivity index (χ1v) is 4.93. The Hall–Kier alpha value is -2.10. The molecule has 2 aromatic rings. The number of hydrogen-bond donors (Lipinski definition) is 0. The summed E-state index contributed by atoms with van der Waals surface area (Å²) in [5.41, 5.74) is 1.60. The van der Waals surface area contributed by atoms with Crippen LogP contribution in [-0.4, -0.2) is 15.8 Å². The first kappa shape index (κ1) is 10.4. The van der Waals surface area contributed by atoms with E-state index >= 15 is 0 Å². The number of aryl methyl sites for hydroxylation is 1. The molecule has 0 N–H and O–H groups in total. The lowest BCUT2D eigenvalue weighted by molar-refractivity contribution is 0.112. The largest absolute Gasteiger partial charge is 0.487 e. The number of hydrogen-bond acceptors (Lipinski definition) is 3. The second-order valence-corrected chi connectivity index (χ2v) is 3.47. The first-order valence-electron chi connectivity index (χ1n) is 4.93. The third-order valence-corrected chi connectivity index (χ3v) is 2.30. The Morgan fingerprint density at radius 1 is 1.50 bits per heavy atom. The highest BCUT2D eigenvalue weighted by Crippen LogP contribution is 2.13. The average molecular weight is 216 g/mol. The highest BCUT2D eigenvalue weighted by molar-refractivity contribution is 5.75. The van der Waals surface area contributed by atoms with Crippen molar-refractivity contribution in [3.63, 3.8) is 0 Å².